The second-order valence-corrected chi connectivity index (χ2v) is 9.77. The number of likely N-dealkylation sites (tertiary alicyclic amines) is 1. The van der Waals surface area contributed by atoms with Crippen LogP contribution in [0, 0.1) is 5.92 Å². The number of hydrogen-bond donors (Lipinski definition) is 1. The molecule has 1 N–H and O–H groups in total. The minimum atomic E-state index is -0.459. The van der Waals surface area contributed by atoms with Gasteiger partial charge in [-0.05, 0) is 53.4 Å². The van der Waals surface area contributed by atoms with Crippen molar-refractivity contribution in [2.45, 2.75) is 77.1 Å². The molecule has 7 nitrogen and oxygen atoms in total. The second-order valence-electron chi connectivity index (χ2n) is 9.77. The summed E-state index contributed by atoms with van der Waals surface area (Å²) in [4.78, 5) is 17.3. The first-order valence-corrected chi connectivity index (χ1v) is 11.5. The first kappa shape index (κ1) is 22.8. The van der Waals surface area contributed by atoms with Gasteiger partial charge in [0, 0.05) is 50.8 Å². The van der Waals surface area contributed by atoms with Crippen LogP contribution in [0.15, 0.2) is 0 Å². The topological polar surface area (TPSA) is 63.3 Å². The fourth-order valence-electron chi connectivity index (χ4n) is 4.83. The number of hydrogen-bond acceptors (Lipinski definition) is 6. The predicted molar refractivity (Wildman–Crippen MR) is 113 cm³/mol. The molecule has 1 amide bonds. The summed E-state index contributed by atoms with van der Waals surface area (Å²) in [5, 5.41) is 3.79. The lowest BCUT2D eigenvalue weighted by Gasteiger charge is -2.42. The molecule has 0 spiro atoms. The fourth-order valence-corrected chi connectivity index (χ4v) is 4.83. The van der Waals surface area contributed by atoms with Crippen LogP contribution in [0.4, 0.5) is 4.79 Å². The highest BCUT2D eigenvalue weighted by Gasteiger charge is 2.36. The first-order chi connectivity index (χ1) is 13.8. The average Bonchev–Trinajstić information content (AvgIpc) is 3.22. The molecule has 0 aromatic heterocycles. The number of morpholine rings is 1. The minimum absolute atomic E-state index is 0.176. The molecule has 3 aliphatic rings. The van der Waals surface area contributed by atoms with Crippen LogP contribution >= 0.6 is 0 Å². The van der Waals surface area contributed by atoms with E-state index in [1.165, 1.54) is 6.42 Å². The molecule has 0 saturated carbocycles. The van der Waals surface area contributed by atoms with Crippen molar-refractivity contribution in [3.8, 4) is 0 Å². The summed E-state index contributed by atoms with van der Waals surface area (Å²) < 4.78 is 16.9. The molecule has 3 heterocycles. The average molecular weight is 412 g/mol. The van der Waals surface area contributed by atoms with E-state index in [9.17, 15) is 4.79 Å². The van der Waals surface area contributed by atoms with Crippen molar-refractivity contribution in [1.29, 1.82) is 0 Å². The Morgan fingerprint density at radius 2 is 1.86 bits per heavy atom. The third-order valence-corrected chi connectivity index (χ3v) is 6.43. The number of nitrogens with zero attached hydrogens (tertiary/aromatic N) is 2. The van der Waals surface area contributed by atoms with Crippen molar-refractivity contribution in [2.75, 3.05) is 52.6 Å². The Kier molecular flexibility index (Phi) is 8.19. The highest BCUT2D eigenvalue weighted by atomic mass is 16.6. The summed E-state index contributed by atoms with van der Waals surface area (Å²) >= 11 is 0. The Morgan fingerprint density at radius 3 is 2.52 bits per heavy atom. The summed E-state index contributed by atoms with van der Waals surface area (Å²) in [5.74, 6) is 0.570. The van der Waals surface area contributed by atoms with Crippen molar-refractivity contribution in [2.24, 2.45) is 5.92 Å². The molecule has 0 aromatic rings. The van der Waals surface area contributed by atoms with Gasteiger partial charge in [-0.3, -0.25) is 4.90 Å². The molecular formula is C22H41N3O4. The maximum atomic E-state index is 12.8. The van der Waals surface area contributed by atoms with Crippen molar-refractivity contribution < 1.29 is 19.0 Å². The zero-order valence-electron chi connectivity index (χ0n) is 18.8. The molecule has 3 aliphatic heterocycles. The Hall–Kier alpha value is -0.890. The van der Waals surface area contributed by atoms with Gasteiger partial charge in [0.2, 0.25) is 0 Å². The van der Waals surface area contributed by atoms with Gasteiger partial charge in [0.05, 0.1) is 25.9 Å². The molecule has 3 saturated heterocycles. The van der Waals surface area contributed by atoms with Gasteiger partial charge >= 0.3 is 6.09 Å². The van der Waals surface area contributed by atoms with E-state index in [1.54, 1.807) is 0 Å². The summed E-state index contributed by atoms with van der Waals surface area (Å²) in [5.41, 5.74) is -0.459. The number of ether oxygens (including phenoxy) is 3. The molecule has 3 rings (SSSR count). The lowest BCUT2D eigenvalue weighted by Crippen LogP contribution is -2.57. The van der Waals surface area contributed by atoms with E-state index < -0.39 is 5.60 Å². The molecule has 4 unspecified atom stereocenters. The summed E-state index contributed by atoms with van der Waals surface area (Å²) in [6.45, 7) is 15.1. The molecule has 0 aromatic carbocycles. The van der Waals surface area contributed by atoms with Gasteiger partial charge in [0.25, 0.3) is 0 Å². The van der Waals surface area contributed by atoms with E-state index in [1.807, 2.05) is 25.7 Å². The number of piperidine rings is 1. The molecule has 3 fully saturated rings. The number of rotatable bonds is 6. The normalized spacial score (nSPS) is 28.9. The standard InChI is InChI=1S/C22H41N3O4/c1-17(19-7-5-6-9-25(19)21(26)29-22(2,3)4)23-15-20(18-8-12-28-16-18)24-10-13-27-14-11-24/h17-20,23H,5-16H2,1-4H3. The summed E-state index contributed by atoms with van der Waals surface area (Å²) in [6, 6.07) is 0.875. The van der Waals surface area contributed by atoms with Crippen molar-refractivity contribution in [3.63, 3.8) is 0 Å². The molecule has 168 valence electrons. The van der Waals surface area contributed by atoms with Crippen LogP contribution in [-0.2, 0) is 14.2 Å². The van der Waals surface area contributed by atoms with Gasteiger partial charge in [-0.2, -0.15) is 0 Å². The SMILES string of the molecule is CC(NCC(C1CCOC1)N1CCOCC1)C1CCCCN1C(=O)OC(C)(C)C. The molecular weight excluding hydrogens is 370 g/mol. The van der Waals surface area contributed by atoms with E-state index >= 15 is 0 Å². The van der Waals surface area contributed by atoms with Gasteiger partial charge in [0.15, 0.2) is 0 Å². The van der Waals surface area contributed by atoms with E-state index in [0.29, 0.717) is 12.0 Å². The van der Waals surface area contributed by atoms with Crippen molar-refractivity contribution in [1.82, 2.24) is 15.1 Å². The van der Waals surface area contributed by atoms with Gasteiger partial charge in [-0.15, -0.1) is 0 Å². The Balaban J connectivity index is 1.59. The van der Waals surface area contributed by atoms with Crippen LogP contribution in [0.2, 0.25) is 0 Å². The zero-order chi connectivity index (χ0) is 20.9. The third-order valence-electron chi connectivity index (χ3n) is 6.43. The smallest absolute Gasteiger partial charge is 0.410 e. The van der Waals surface area contributed by atoms with Gasteiger partial charge in [-0.1, -0.05) is 0 Å². The quantitative estimate of drug-likeness (QED) is 0.725. The van der Waals surface area contributed by atoms with Crippen molar-refractivity contribution in [3.05, 3.63) is 0 Å². The maximum absolute atomic E-state index is 12.8. The van der Waals surface area contributed by atoms with Crippen LogP contribution < -0.4 is 5.32 Å². The number of carbonyl (C=O) groups is 1. The lowest BCUT2D eigenvalue weighted by atomic mass is 9.94. The second kappa shape index (κ2) is 10.4. The lowest BCUT2D eigenvalue weighted by molar-refractivity contribution is -0.00391. The predicted octanol–water partition coefficient (Wildman–Crippen LogP) is 2.49. The first-order valence-electron chi connectivity index (χ1n) is 11.5. The minimum Gasteiger partial charge on any atom is -0.444 e. The van der Waals surface area contributed by atoms with Crippen LogP contribution in [-0.4, -0.2) is 92.2 Å². The van der Waals surface area contributed by atoms with E-state index in [2.05, 4.69) is 17.1 Å². The van der Waals surface area contributed by atoms with Gasteiger partial charge in [0.1, 0.15) is 5.60 Å². The molecule has 4 atom stereocenters. The summed E-state index contributed by atoms with van der Waals surface area (Å²) in [6.07, 6.45) is 4.20. The van der Waals surface area contributed by atoms with Crippen LogP contribution in [0.3, 0.4) is 0 Å². The molecule has 7 heteroatoms. The van der Waals surface area contributed by atoms with E-state index in [0.717, 1.165) is 71.9 Å². The van der Waals surface area contributed by atoms with Crippen LogP contribution in [0.5, 0.6) is 0 Å². The fraction of sp³-hybridized carbons (Fsp3) is 0.955. The highest BCUT2D eigenvalue weighted by Crippen LogP contribution is 2.25. The number of nitrogens with one attached hydrogen (secondary N) is 1. The number of carbonyl (C=O) groups excluding carboxylic acids is 1. The van der Waals surface area contributed by atoms with Gasteiger partial charge in [-0.25, -0.2) is 4.79 Å². The number of amides is 1. The zero-order valence-corrected chi connectivity index (χ0v) is 18.8. The maximum Gasteiger partial charge on any atom is 0.410 e. The third kappa shape index (κ3) is 6.54. The van der Waals surface area contributed by atoms with E-state index in [-0.39, 0.29) is 18.2 Å². The molecule has 29 heavy (non-hydrogen) atoms. The van der Waals surface area contributed by atoms with E-state index in [4.69, 9.17) is 14.2 Å². The Bertz CT molecular complexity index is 513. The monoisotopic (exact) mass is 411 g/mol. The molecule has 0 bridgehead atoms. The van der Waals surface area contributed by atoms with Crippen LogP contribution in [0.25, 0.3) is 0 Å². The Morgan fingerprint density at radius 1 is 1.10 bits per heavy atom. The molecule has 0 radical (unpaired) electrons. The Labute approximate surface area is 176 Å². The summed E-state index contributed by atoms with van der Waals surface area (Å²) in [7, 11) is 0. The molecule has 0 aliphatic carbocycles. The van der Waals surface area contributed by atoms with Gasteiger partial charge < -0.3 is 24.4 Å². The highest BCUT2D eigenvalue weighted by molar-refractivity contribution is 5.68. The van der Waals surface area contributed by atoms with Crippen LogP contribution in [0.1, 0.15) is 53.4 Å². The van der Waals surface area contributed by atoms with Crippen molar-refractivity contribution >= 4 is 6.09 Å². The largest absolute Gasteiger partial charge is 0.444 e.